The Bertz CT molecular complexity index is 450. The highest BCUT2D eigenvalue weighted by Crippen LogP contribution is 2.22. The van der Waals surface area contributed by atoms with Gasteiger partial charge in [-0.15, -0.1) is 0 Å². The molecule has 0 aliphatic heterocycles. The predicted molar refractivity (Wildman–Crippen MR) is 73.9 cm³/mol. The monoisotopic (exact) mass is 249 g/mol. The number of carboxylic acids is 1. The van der Waals surface area contributed by atoms with E-state index in [4.69, 9.17) is 5.11 Å². The number of aliphatic carboxylic acids is 1. The zero-order chi connectivity index (χ0) is 14.1. The molecule has 0 atom stereocenters. The van der Waals surface area contributed by atoms with E-state index in [2.05, 4.69) is 39.1 Å². The van der Waals surface area contributed by atoms with E-state index in [0.29, 0.717) is 6.54 Å². The van der Waals surface area contributed by atoms with Crippen molar-refractivity contribution in [1.82, 2.24) is 5.32 Å². The van der Waals surface area contributed by atoms with Crippen LogP contribution in [0.4, 0.5) is 0 Å². The first-order valence-corrected chi connectivity index (χ1v) is 6.21. The van der Waals surface area contributed by atoms with Gasteiger partial charge in [0.15, 0.2) is 0 Å². The molecule has 0 radical (unpaired) electrons. The van der Waals surface area contributed by atoms with Crippen molar-refractivity contribution < 1.29 is 9.90 Å². The van der Waals surface area contributed by atoms with Crippen LogP contribution in [-0.4, -0.2) is 16.6 Å². The maximum Gasteiger partial charge on any atom is 0.323 e. The number of carbonyl (C=O) groups is 1. The number of benzene rings is 1. The molecule has 100 valence electrons. The molecular formula is C15H23NO2. The summed E-state index contributed by atoms with van der Waals surface area (Å²) in [5.74, 6) is -0.831. The number of hydrogen-bond acceptors (Lipinski definition) is 2. The molecule has 0 bridgehead atoms. The highest BCUT2D eigenvalue weighted by Gasteiger charge is 2.26. The molecule has 18 heavy (non-hydrogen) atoms. The normalized spacial score (nSPS) is 11.7. The maximum absolute atomic E-state index is 11.1. The molecule has 0 saturated heterocycles. The maximum atomic E-state index is 11.1. The molecule has 0 unspecified atom stereocenters. The number of aryl methyl sites for hydroxylation is 2. The summed E-state index contributed by atoms with van der Waals surface area (Å²) in [6, 6.07) is 2.18. The van der Waals surface area contributed by atoms with Gasteiger partial charge in [-0.25, -0.2) is 0 Å². The highest BCUT2D eigenvalue weighted by atomic mass is 16.4. The van der Waals surface area contributed by atoms with Crippen LogP contribution in [0.2, 0.25) is 0 Å². The first-order chi connectivity index (χ1) is 8.16. The summed E-state index contributed by atoms with van der Waals surface area (Å²) in [6.45, 7) is 12.3. The molecule has 0 amide bonds. The minimum atomic E-state index is -0.906. The Morgan fingerprint density at radius 2 is 1.61 bits per heavy atom. The fourth-order valence-electron chi connectivity index (χ4n) is 1.95. The van der Waals surface area contributed by atoms with Gasteiger partial charge >= 0.3 is 5.97 Å². The molecular weight excluding hydrogens is 226 g/mol. The van der Waals surface area contributed by atoms with E-state index in [1.54, 1.807) is 13.8 Å². The third-order valence-electron chi connectivity index (χ3n) is 3.76. The number of nitrogens with one attached hydrogen (secondary N) is 1. The van der Waals surface area contributed by atoms with Crippen molar-refractivity contribution in [3.8, 4) is 0 Å². The van der Waals surface area contributed by atoms with Crippen LogP contribution in [0.25, 0.3) is 0 Å². The SMILES string of the molecule is Cc1cc(C)c(C)c(CNC(C)(C)C(=O)O)c1C. The zero-order valence-corrected chi connectivity index (χ0v) is 12.1. The molecule has 0 aliphatic rings. The molecule has 3 nitrogen and oxygen atoms in total. The van der Waals surface area contributed by atoms with Crippen molar-refractivity contribution in [2.24, 2.45) is 0 Å². The van der Waals surface area contributed by atoms with Crippen LogP contribution in [-0.2, 0) is 11.3 Å². The van der Waals surface area contributed by atoms with Gasteiger partial charge in [-0.1, -0.05) is 6.07 Å². The third-order valence-corrected chi connectivity index (χ3v) is 3.76. The van der Waals surface area contributed by atoms with Gasteiger partial charge in [0.25, 0.3) is 0 Å². The van der Waals surface area contributed by atoms with E-state index >= 15 is 0 Å². The molecule has 0 spiro atoms. The molecule has 0 fully saturated rings. The van der Waals surface area contributed by atoms with Gasteiger partial charge in [0.1, 0.15) is 5.54 Å². The van der Waals surface area contributed by atoms with E-state index < -0.39 is 11.5 Å². The summed E-state index contributed by atoms with van der Waals surface area (Å²) in [5.41, 5.74) is 5.29. The van der Waals surface area contributed by atoms with Crippen LogP contribution in [0.3, 0.4) is 0 Å². The predicted octanol–water partition coefficient (Wildman–Crippen LogP) is 2.87. The van der Waals surface area contributed by atoms with E-state index in [-0.39, 0.29) is 0 Å². The molecule has 0 heterocycles. The van der Waals surface area contributed by atoms with E-state index in [1.807, 2.05) is 0 Å². The first-order valence-electron chi connectivity index (χ1n) is 6.21. The lowest BCUT2D eigenvalue weighted by molar-refractivity contribution is -0.143. The smallest absolute Gasteiger partial charge is 0.323 e. The molecule has 0 aromatic heterocycles. The lowest BCUT2D eigenvalue weighted by atomic mass is 9.93. The second kappa shape index (κ2) is 5.11. The lowest BCUT2D eigenvalue weighted by Crippen LogP contribution is -2.46. The first kappa shape index (κ1) is 14.7. The number of hydrogen-bond donors (Lipinski definition) is 2. The van der Waals surface area contributed by atoms with Crippen molar-refractivity contribution in [2.45, 2.75) is 53.6 Å². The number of carboxylic acid groups (broad SMARTS) is 1. The van der Waals surface area contributed by atoms with Crippen LogP contribution >= 0.6 is 0 Å². The van der Waals surface area contributed by atoms with Gasteiger partial charge in [-0.05, 0) is 69.4 Å². The summed E-state index contributed by atoms with van der Waals surface area (Å²) in [7, 11) is 0. The van der Waals surface area contributed by atoms with Crippen molar-refractivity contribution >= 4 is 5.97 Å². The third kappa shape index (κ3) is 2.91. The molecule has 2 N–H and O–H groups in total. The van der Waals surface area contributed by atoms with Gasteiger partial charge in [-0.2, -0.15) is 0 Å². The molecule has 1 aromatic rings. The van der Waals surface area contributed by atoms with Crippen LogP contribution in [0.1, 0.15) is 41.7 Å². The van der Waals surface area contributed by atoms with Gasteiger partial charge in [0, 0.05) is 6.54 Å². The topological polar surface area (TPSA) is 49.3 Å². The lowest BCUT2D eigenvalue weighted by Gasteiger charge is -2.23. The van der Waals surface area contributed by atoms with E-state index in [1.165, 1.54) is 27.8 Å². The van der Waals surface area contributed by atoms with Crippen LogP contribution < -0.4 is 5.32 Å². The Morgan fingerprint density at radius 1 is 1.17 bits per heavy atom. The summed E-state index contributed by atoms with van der Waals surface area (Å²) in [4.78, 5) is 11.1. The minimum Gasteiger partial charge on any atom is -0.480 e. The largest absolute Gasteiger partial charge is 0.480 e. The Balaban J connectivity index is 3.02. The van der Waals surface area contributed by atoms with E-state index in [9.17, 15) is 4.79 Å². The van der Waals surface area contributed by atoms with Crippen LogP contribution in [0, 0.1) is 27.7 Å². The quantitative estimate of drug-likeness (QED) is 0.862. The second-order valence-electron chi connectivity index (χ2n) is 5.52. The van der Waals surface area contributed by atoms with Gasteiger partial charge in [0.2, 0.25) is 0 Å². The molecule has 3 heteroatoms. The number of rotatable bonds is 4. The average Bonchev–Trinajstić information content (AvgIpc) is 2.26. The van der Waals surface area contributed by atoms with Crippen molar-refractivity contribution in [2.75, 3.05) is 0 Å². The second-order valence-corrected chi connectivity index (χ2v) is 5.52. The fraction of sp³-hybridized carbons (Fsp3) is 0.533. The van der Waals surface area contributed by atoms with Gasteiger partial charge in [-0.3, -0.25) is 10.1 Å². The summed E-state index contributed by atoms with van der Waals surface area (Å²) in [6.07, 6.45) is 0. The Hall–Kier alpha value is -1.35. The van der Waals surface area contributed by atoms with Crippen LogP contribution in [0.15, 0.2) is 6.07 Å². The Labute approximate surface area is 109 Å². The van der Waals surface area contributed by atoms with Crippen molar-refractivity contribution in [1.29, 1.82) is 0 Å². The standard InChI is InChI=1S/C15H23NO2/c1-9-7-10(2)12(4)13(11(9)3)8-16-15(5,6)14(17)18/h7,16H,8H2,1-6H3,(H,17,18). The Kier molecular flexibility index (Phi) is 4.17. The molecule has 1 aromatic carbocycles. The summed E-state index contributed by atoms with van der Waals surface area (Å²) in [5, 5.41) is 12.2. The molecule has 0 saturated carbocycles. The van der Waals surface area contributed by atoms with Crippen LogP contribution in [0.5, 0.6) is 0 Å². The Morgan fingerprint density at radius 3 is 2.00 bits per heavy atom. The fourth-order valence-corrected chi connectivity index (χ4v) is 1.95. The van der Waals surface area contributed by atoms with E-state index in [0.717, 1.165) is 0 Å². The molecule has 1 rings (SSSR count). The van der Waals surface area contributed by atoms with Crippen molar-refractivity contribution in [3.63, 3.8) is 0 Å². The summed E-state index contributed by atoms with van der Waals surface area (Å²) < 4.78 is 0. The van der Waals surface area contributed by atoms with Gasteiger partial charge in [0.05, 0.1) is 0 Å². The highest BCUT2D eigenvalue weighted by molar-refractivity contribution is 5.77. The van der Waals surface area contributed by atoms with Crippen molar-refractivity contribution in [3.05, 3.63) is 33.9 Å². The minimum absolute atomic E-state index is 0.583. The zero-order valence-electron chi connectivity index (χ0n) is 12.1. The van der Waals surface area contributed by atoms with Gasteiger partial charge < -0.3 is 5.11 Å². The summed E-state index contributed by atoms with van der Waals surface area (Å²) >= 11 is 0. The molecule has 0 aliphatic carbocycles. The average molecular weight is 249 g/mol.